The molecule has 8 heteroatoms. The summed E-state index contributed by atoms with van der Waals surface area (Å²) in [6, 6.07) is -0.615. The fourth-order valence-electron chi connectivity index (χ4n) is 1.36. The molecule has 0 aromatic heterocycles. The Bertz CT molecular complexity index is 305. The first-order valence-electron chi connectivity index (χ1n) is 4.56. The molecule has 1 saturated heterocycles. The van der Waals surface area contributed by atoms with Gasteiger partial charge in [-0.2, -0.15) is 13.2 Å². The molecule has 1 unspecified atom stereocenters. The molecule has 0 bridgehead atoms. The van der Waals surface area contributed by atoms with Gasteiger partial charge in [0.1, 0.15) is 0 Å². The molecule has 0 saturated carbocycles. The molecule has 1 fully saturated rings. The van der Waals surface area contributed by atoms with Crippen molar-refractivity contribution in [3.63, 3.8) is 0 Å². The highest BCUT2D eigenvalue weighted by molar-refractivity contribution is 5.96. The number of carbonyl (C=O) groups is 2. The normalized spacial score (nSPS) is 22.9. The van der Waals surface area contributed by atoms with E-state index in [9.17, 15) is 22.8 Å². The van der Waals surface area contributed by atoms with Crippen LogP contribution in [0.3, 0.4) is 0 Å². The lowest BCUT2D eigenvalue weighted by molar-refractivity contribution is -0.137. The number of hydrogen-bond donors (Lipinski definition) is 1. The van der Waals surface area contributed by atoms with Crippen LogP contribution in [-0.2, 0) is 4.79 Å². The van der Waals surface area contributed by atoms with Gasteiger partial charge in [-0.3, -0.25) is 15.0 Å². The summed E-state index contributed by atoms with van der Waals surface area (Å²) in [5.74, 6) is -0.497. The topological polar surface area (TPSA) is 52.7 Å². The molecule has 0 radical (unpaired) electrons. The molecule has 3 amide bonds. The molecule has 1 aliphatic rings. The monoisotopic (exact) mass is 239 g/mol. The van der Waals surface area contributed by atoms with E-state index in [1.165, 1.54) is 14.1 Å². The lowest BCUT2D eigenvalue weighted by Crippen LogP contribution is -2.59. The van der Waals surface area contributed by atoms with Gasteiger partial charge >= 0.3 is 12.2 Å². The fraction of sp³-hybridized carbons (Fsp3) is 0.750. The van der Waals surface area contributed by atoms with Crippen LogP contribution >= 0.6 is 0 Å². The van der Waals surface area contributed by atoms with Crippen LogP contribution in [-0.4, -0.2) is 54.7 Å². The molecule has 1 aliphatic heterocycles. The number of hydrogen-bond acceptors (Lipinski definition) is 3. The van der Waals surface area contributed by atoms with Crippen molar-refractivity contribution in [2.24, 2.45) is 0 Å². The van der Waals surface area contributed by atoms with Crippen LogP contribution < -0.4 is 5.32 Å². The van der Waals surface area contributed by atoms with Crippen LogP contribution in [0.4, 0.5) is 18.0 Å². The van der Waals surface area contributed by atoms with Gasteiger partial charge in [0.05, 0.1) is 19.1 Å². The SMILES string of the molecule is CN1C(=O)CC(NCC(F)(F)F)N(C)C1=O. The van der Waals surface area contributed by atoms with Crippen molar-refractivity contribution in [2.45, 2.75) is 18.8 Å². The van der Waals surface area contributed by atoms with Gasteiger partial charge in [-0.15, -0.1) is 0 Å². The maximum Gasteiger partial charge on any atom is 0.401 e. The summed E-state index contributed by atoms with van der Waals surface area (Å²) in [5.41, 5.74) is 0. The standard InChI is InChI=1S/C8H12F3N3O2/c1-13-5(12-4-8(9,10)11)3-6(15)14(2)7(13)16/h5,12H,3-4H2,1-2H3. The lowest BCUT2D eigenvalue weighted by atomic mass is 10.2. The highest BCUT2D eigenvalue weighted by Gasteiger charge is 2.36. The van der Waals surface area contributed by atoms with E-state index in [1.807, 2.05) is 0 Å². The van der Waals surface area contributed by atoms with E-state index in [4.69, 9.17) is 0 Å². The van der Waals surface area contributed by atoms with Crippen molar-refractivity contribution in [3.05, 3.63) is 0 Å². The van der Waals surface area contributed by atoms with E-state index in [0.717, 1.165) is 9.80 Å². The second-order valence-corrected chi connectivity index (χ2v) is 3.56. The first-order chi connectivity index (χ1) is 7.22. The molecule has 1 atom stereocenters. The fourth-order valence-corrected chi connectivity index (χ4v) is 1.36. The Hall–Kier alpha value is -1.31. The second kappa shape index (κ2) is 4.28. The van der Waals surface area contributed by atoms with Crippen molar-refractivity contribution in [3.8, 4) is 0 Å². The second-order valence-electron chi connectivity index (χ2n) is 3.56. The van der Waals surface area contributed by atoms with Crippen molar-refractivity contribution in [1.29, 1.82) is 0 Å². The summed E-state index contributed by atoms with van der Waals surface area (Å²) in [4.78, 5) is 24.6. The maximum atomic E-state index is 11.9. The third-order valence-corrected chi connectivity index (χ3v) is 2.34. The molecule has 0 spiro atoms. The van der Waals surface area contributed by atoms with Gasteiger partial charge in [-0.1, -0.05) is 0 Å². The Balaban J connectivity index is 2.61. The number of nitrogens with one attached hydrogen (secondary N) is 1. The number of imide groups is 1. The molecule has 1 N–H and O–H groups in total. The Morgan fingerprint density at radius 3 is 2.44 bits per heavy atom. The van der Waals surface area contributed by atoms with Gasteiger partial charge in [0.15, 0.2) is 0 Å². The van der Waals surface area contributed by atoms with E-state index < -0.39 is 30.8 Å². The summed E-state index contributed by atoms with van der Waals surface area (Å²) in [6.45, 7) is -1.23. The Kier molecular flexibility index (Phi) is 3.41. The zero-order chi connectivity index (χ0) is 12.5. The Labute approximate surface area is 90.2 Å². The third-order valence-electron chi connectivity index (χ3n) is 2.34. The molecule has 0 aliphatic carbocycles. The van der Waals surface area contributed by atoms with E-state index >= 15 is 0 Å². The number of rotatable bonds is 2. The molecule has 1 rings (SSSR count). The highest BCUT2D eigenvalue weighted by atomic mass is 19.4. The molecule has 0 aromatic carbocycles. The molecule has 16 heavy (non-hydrogen) atoms. The first-order valence-corrected chi connectivity index (χ1v) is 4.56. The average Bonchev–Trinajstić information content (AvgIpc) is 2.17. The first kappa shape index (κ1) is 12.8. The molecule has 5 nitrogen and oxygen atoms in total. The predicted octanol–water partition coefficient (Wildman–Crippen LogP) is 0.378. The summed E-state index contributed by atoms with van der Waals surface area (Å²) < 4.78 is 35.8. The minimum absolute atomic E-state index is 0.158. The molecule has 1 heterocycles. The van der Waals surface area contributed by atoms with Crippen LogP contribution in [0.2, 0.25) is 0 Å². The Morgan fingerprint density at radius 1 is 1.38 bits per heavy atom. The number of nitrogens with zero attached hydrogens (tertiary/aromatic N) is 2. The quantitative estimate of drug-likeness (QED) is 0.757. The van der Waals surface area contributed by atoms with Crippen molar-refractivity contribution in [2.75, 3.05) is 20.6 Å². The van der Waals surface area contributed by atoms with Crippen LogP contribution in [0.1, 0.15) is 6.42 Å². The number of alkyl halides is 3. The van der Waals surface area contributed by atoms with Crippen LogP contribution in [0.25, 0.3) is 0 Å². The summed E-state index contributed by atoms with van der Waals surface area (Å²) in [6.07, 6.45) is -5.43. The van der Waals surface area contributed by atoms with Crippen molar-refractivity contribution >= 4 is 11.9 Å². The molecular formula is C8H12F3N3O2. The number of amides is 3. The molecule has 92 valence electrons. The predicted molar refractivity (Wildman–Crippen MR) is 48.4 cm³/mol. The number of halogens is 3. The van der Waals surface area contributed by atoms with E-state index in [1.54, 1.807) is 0 Å². The highest BCUT2D eigenvalue weighted by Crippen LogP contribution is 2.16. The van der Waals surface area contributed by atoms with Gasteiger partial charge in [0.25, 0.3) is 0 Å². The minimum Gasteiger partial charge on any atom is -0.311 e. The van der Waals surface area contributed by atoms with Crippen LogP contribution in [0.15, 0.2) is 0 Å². The van der Waals surface area contributed by atoms with Crippen LogP contribution in [0, 0.1) is 0 Å². The smallest absolute Gasteiger partial charge is 0.311 e. The van der Waals surface area contributed by atoms with Crippen molar-refractivity contribution < 1.29 is 22.8 Å². The zero-order valence-electron chi connectivity index (χ0n) is 8.84. The molecular weight excluding hydrogens is 227 g/mol. The number of urea groups is 1. The zero-order valence-corrected chi connectivity index (χ0v) is 8.84. The summed E-state index contributed by atoms with van der Waals surface area (Å²) >= 11 is 0. The number of carbonyl (C=O) groups excluding carboxylic acids is 2. The summed E-state index contributed by atoms with van der Waals surface area (Å²) in [7, 11) is 2.64. The lowest BCUT2D eigenvalue weighted by Gasteiger charge is -2.36. The minimum atomic E-state index is -4.36. The average molecular weight is 239 g/mol. The van der Waals surface area contributed by atoms with E-state index in [-0.39, 0.29) is 6.42 Å². The molecule has 0 aromatic rings. The van der Waals surface area contributed by atoms with Gasteiger partial charge < -0.3 is 4.90 Å². The van der Waals surface area contributed by atoms with Gasteiger partial charge in [0, 0.05) is 14.1 Å². The van der Waals surface area contributed by atoms with E-state index in [0.29, 0.717) is 0 Å². The van der Waals surface area contributed by atoms with Gasteiger partial charge in [-0.25, -0.2) is 4.79 Å². The van der Waals surface area contributed by atoms with Gasteiger partial charge in [0.2, 0.25) is 5.91 Å². The third kappa shape index (κ3) is 2.84. The summed E-state index contributed by atoms with van der Waals surface area (Å²) in [5, 5.41) is 2.13. The largest absolute Gasteiger partial charge is 0.401 e. The van der Waals surface area contributed by atoms with Gasteiger partial charge in [-0.05, 0) is 0 Å². The van der Waals surface area contributed by atoms with Crippen molar-refractivity contribution in [1.82, 2.24) is 15.1 Å². The van der Waals surface area contributed by atoms with Crippen LogP contribution in [0.5, 0.6) is 0 Å². The maximum absolute atomic E-state index is 11.9. The van der Waals surface area contributed by atoms with E-state index in [2.05, 4.69) is 5.32 Å². The Morgan fingerprint density at radius 2 is 1.94 bits per heavy atom.